The molecule has 0 bridgehead atoms. The van der Waals surface area contributed by atoms with E-state index in [4.69, 9.17) is 0 Å². The second kappa shape index (κ2) is 6.97. The fourth-order valence-corrected chi connectivity index (χ4v) is 4.10. The van der Waals surface area contributed by atoms with Crippen LogP contribution in [0, 0.1) is 0 Å². The van der Waals surface area contributed by atoms with Gasteiger partial charge in [0.15, 0.2) is 0 Å². The summed E-state index contributed by atoms with van der Waals surface area (Å²) >= 11 is 0. The summed E-state index contributed by atoms with van der Waals surface area (Å²) in [5.74, 6) is -0.0728. The van der Waals surface area contributed by atoms with Gasteiger partial charge in [-0.15, -0.1) is 0 Å². The SMILES string of the molecule is O=C1Nc2ccccc2CN1CC(=O)N1CCC[C@H]1C(=O)N1CCCC1. The van der Waals surface area contributed by atoms with Crippen molar-refractivity contribution in [3.63, 3.8) is 0 Å². The first-order valence-electron chi connectivity index (χ1n) is 9.35. The predicted octanol–water partition coefficient (Wildman–Crippen LogP) is 1.65. The normalized spacial score (nSPS) is 22.4. The van der Waals surface area contributed by atoms with Crippen molar-refractivity contribution in [2.75, 3.05) is 31.5 Å². The lowest BCUT2D eigenvalue weighted by Crippen LogP contribution is -2.51. The van der Waals surface area contributed by atoms with E-state index in [2.05, 4.69) is 5.32 Å². The maximum absolute atomic E-state index is 12.8. The van der Waals surface area contributed by atoms with Crippen molar-refractivity contribution in [3.05, 3.63) is 29.8 Å². The van der Waals surface area contributed by atoms with E-state index >= 15 is 0 Å². The molecule has 0 saturated carbocycles. The number of carbonyl (C=O) groups is 3. The zero-order valence-electron chi connectivity index (χ0n) is 14.8. The van der Waals surface area contributed by atoms with E-state index in [1.807, 2.05) is 29.2 Å². The van der Waals surface area contributed by atoms with Crippen LogP contribution in [0.15, 0.2) is 24.3 Å². The number of urea groups is 1. The van der Waals surface area contributed by atoms with Gasteiger partial charge in [-0.1, -0.05) is 18.2 Å². The molecular weight excluding hydrogens is 332 g/mol. The van der Waals surface area contributed by atoms with Crippen molar-refractivity contribution in [1.29, 1.82) is 0 Å². The number of para-hydroxylation sites is 1. The molecule has 2 fully saturated rings. The van der Waals surface area contributed by atoms with Crippen LogP contribution >= 0.6 is 0 Å². The zero-order valence-corrected chi connectivity index (χ0v) is 14.8. The van der Waals surface area contributed by atoms with Crippen molar-refractivity contribution >= 4 is 23.5 Å². The molecule has 0 aromatic heterocycles. The molecule has 7 heteroatoms. The monoisotopic (exact) mass is 356 g/mol. The highest BCUT2D eigenvalue weighted by Crippen LogP contribution is 2.25. The summed E-state index contributed by atoms with van der Waals surface area (Å²) in [7, 11) is 0. The maximum atomic E-state index is 12.8. The lowest BCUT2D eigenvalue weighted by Gasteiger charge is -2.32. The summed E-state index contributed by atoms with van der Waals surface area (Å²) in [6.07, 6.45) is 3.64. The van der Waals surface area contributed by atoms with Gasteiger partial charge in [-0.3, -0.25) is 9.59 Å². The lowest BCUT2D eigenvalue weighted by molar-refractivity contribution is -0.143. The summed E-state index contributed by atoms with van der Waals surface area (Å²) in [5.41, 5.74) is 1.79. The first-order chi connectivity index (χ1) is 12.6. The van der Waals surface area contributed by atoms with Crippen LogP contribution in [0.25, 0.3) is 0 Å². The van der Waals surface area contributed by atoms with E-state index < -0.39 is 0 Å². The molecule has 138 valence electrons. The Bertz CT molecular complexity index is 729. The third kappa shape index (κ3) is 3.13. The van der Waals surface area contributed by atoms with Gasteiger partial charge in [0.2, 0.25) is 11.8 Å². The largest absolute Gasteiger partial charge is 0.341 e. The quantitative estimate of drug-likeness (QED) is 0.895. The maximum Gasteiger partial charge on any atom is 0.322 e. The highest BCUT2D eigenvalue weighted by Gasteiger charge is 2.38. The molecule has 7 nitrogen and oxygen atoms in total. The Morgan fingerprint density at radius 3 is 2.65 bits per heavy atom. The van der Waals surface area contributed by atoms with Gasteiger partial charge in [0, 0.05) is 25.3 Å². The number of anilines is 1. The number of fused-ring (bicyclic) bond motifs is 1. The number of nitrogens with one attached hydrogen (secondary N) is 1. The van der Waals surface area contributed by atoms with E-state index in [0.29, 0.717) is 13.1 Å². The Kier molecular flexibility index (Phi) is 4.53. The van der Waals surface area contributed by atoms with E-state index in [1.165, 1.54) is 4.90 Å². The van der Waals surface area contributed by atoms with Gasteiger partial charge in [-0.2, -0.15) is 0 Å². The second-order valence-corrected chi connectivity index (χ2v) is 7.22. The molecule has 0 unspecified atom stereocenters. The second-order valence-electron chi connectivity index (χ2n) is 7.22. The highest BCUT2D eigenvalue weighted by atomic mass is 16.2. The van der Waals surface area contributed by atoms with E-state index in [9.17, 15) is 14.4 Å². The van der Waals surface area contributed by atoms with E-state index in [-0.39, 0.29) is 30.4 Å². The summed E-state index contributed by atoms with van der Waals surface area (Å²) in [6.45, 7) is 2.59. The third-order valence-electron chi connectivity index (χ3n) is 5.51. The van der Waals surface area contributed by atoms with Gasteiger partial charge in [-0.05, 0) is 37.3 Å². The average Bonchev–Trinajstić information content (AvgIpc) is 3.33. The minimum absolute atomic E-state index is 0.00392. The predicted molar refractivity (Wildman–Crippen MR) is 96.4 cm³/mol. The smallest absolute Gasteiger partial charge is 0.322 e. The Morgan fingerprint density at radius 2 is 1.85 bits per heavy atom. The molecule has 1 atom stereocenters. The topological polar surface area (TPSA) is 73.0 Å². The van der Waals surface area contributed by atoms with Crippen LogP contribution in [0.4, 0.5) is 10.5 Å². The molecule has 4 rings (SSSR count). The summed E-state index contributed by atoms with van der Waals surface area (Å²) in [6, 6.07) is 6.97. The molecule has 4 amide bonds. The average molecular weight is 356 g/mol. The van der Waals surface area contributed by atoms with Crippen LogP contribution in [0.1, 0.15) is 31.2 Å². The van der Waals surface area contributed by atoms with Gasteiger partial charge in [0.05, 0.1) is 6.54 Å². The zero-order chi connectivity index (χ0) is 18.1. The van der Waals surface area contributed by atoms with Gasteiger partial charge in [-0.25, -0.2) is 4.79 Å². The summed E-state index contributed by atoms with van der Waals surface area (Å²) in [4.78, 5) is 42.9. The fourth-order valence-electron chi connectivity index (χ4n) is 4.10. The van der Waals surface area contributed by atoms with Gasteiger partial charge >= 0.3 is 6.03 Å². The molecule has 1 aromatic rings. The fraction of sp³-hybridized carbons (Fsp3) is 0.526. The molecule has 3 aliphatic rings. The number of rotatable bonds is 3. The van der Waals surface area contributed by atoms with Crippen LogP contribution in [-0.2, 0) is 16.1 Å². The Labute approximate surface area is 152 Å². The number of nitrogens with zero attached hydrogens (tertiary/aromatic N) is 3. The Balaban J connectivity index is 1.42. The first-order valence-corrected chi connectivity index (χ1v) is 9.35. The molecule has 3 aliphatic heterocycles. The van der Waals surface area contributed by atoms with Crippen molar-refractivity contribution < 1.29 is 14.4 Å². The van der Waals surface area contributed by atoms with Crippen molar-refractivity contribution in [2.24, 2.45) is 0 Å². The number of carbonyl (C=O) groups excluding carboxylic acids is 3. The van der Waals surface area contributed by atoms with Crippen LogP contribution in [0.5, 0.6) is 0 Å². The van der Waals surface area contributed by atoms with Crippen LogP contribution in [0.3, 0.4) is 0 Å². The highest BCUT2D eigenvalue weighted by molar-refractivity contribution is 5.96. The van der Waals surface area contributed by atoms with Gasteiger partial charge in [0.1, 0.15) is 12.6 Å². The number of benzene rings is 1. The number of likely N-dealkylation sites (tertiary alicyclic amines) is 2. The van der Waals surface area contributed by atoms with Gasteiger partial charge in [0.25, 0.3) is 0 Å². The molecule has 1 N–H and O–H groups in total. The molecule has 0 spiro atoms. The molecule has 26 heavy (non-hydrogen) atoms. The van der Waals surface area contributed by atoms with E-state index in [1.54, 1.807) is 4.90 Å². The summed E-state index contributed by atoms with van der Waals surface area (Å²) in [5, 5.41) is 2.83. The summed E-state index contributed by atoms with van der Waals surface area (Å²) < 4.78 is 0. The number of hydrogen-bond acceptors (Lipinski definition) is 3. The van der Waals surface area contributed by atoms with Crippen LogP contribution in [0.2, 0.25) is 0 Å². The Hall–Kier alpha value is -2.57. The third-order valence-corrected chi connectivity index (χ3v) is 5.51. The van der Waals surface area contributed by atoms with Crippen molar-refractivity contribution in [2.45, 2.75) is 38.3 Å². The molecule has 3 heterocycles. The molecule has 1 aromatic carbocycles. The van der Waals surface area contributed by atoms with Crippen LogP contribution < -0.4 is 5.32 Å². The first kappa shape index (κ1) is 16.9. The van der Waals surface area contributed by atoms with E-state index in [0.717, 1.165) is 50.0 Å². The Morgan fingerprint density at radius 1 is 1.08 bits per heavy atom. The number of hydrogen-bond donors (Lipinski definition) is 1. The van der Waals surface area contributed by atoms with Crippen molar-refractivity contribution in [3.8, 4) is 0 Å². The van der Waals surface area contributed by atoms with Crippen molar-refractivity contribution in [1.82, 2.24) is 14.7 Å². The molecule has 0 radical (unpaired) electrons. The number of amides is 4. The lowest BCUT2D eigenvalue weighted by atomic mass is 10.1. The molecule has 2 saturated heterocycles. The molecule has 0 aliphatic carbocycles. The minimum Gasteiger partial charge on any atom is -0.341 e. The van der Waals surface area contributed by atoms with Gasteiger partial charge < -0.3 is 20.0 Å². The molecular formula is C19H24N4O3. The standard InChI is InChI=1S/C19H24N4O3/c24-17(13-22-12-14-6-1-2-7-15(14)20-19(22)26)23-11-5-8-16(23)18(25)21-9-3-4-10-21/h1-2,6-7,16H,3-5,8-13H2,(H,20,26)/t16-/m0/s1. The minimum atomic E-state index is -0.360. The van der Waals surface area contributed by atoms with Crippen LogP contribution in [-0.4, -0.2) is 64.8 Å².